The molecule has 2 aromatic heterocycles. The summed E-state index contributed by atoms with van der Waals surface area (Å²) in [7, 11) is 2.80. The smallest absolute Gasteiger partial charge is 0.407 e. The molecular weight excluding hydrogens is 852 g/mol. The summed E-state index contributed by atoms with van der Waals surface area (Å²) in [6.07, 6.45) is 6.12. The van der Waals surface area contributed by atoms with E-state index in [4.69, 9.17) is 35.8 Å². The number of halogens is 1. The fraction of sp³-hybridized carbons (Fsp3) is 0.500. The summed E-state index contributed by atoms with van der Waals surface area (Å²) >= 11 is 6.78. The van der Waals surface area contributed by atoms with E-state index in [-0.39, 0.29) is 47.8 Å². The SMILES string of the molecule is COC(=O)N[C@H](C(=O)N1[C@@H]2C[C@H]2C[C@H]1c1nc(-c2ccc(C#Cc3ccc(-c4cnc([C@@H]5C[C@H]6C[C@H]6N5C(=O)[C@H](C5CCOCC5)N(C)C(=O)O)[nH]4)cc3)cc2)c(Cl)[nH]1)C1CCOCC1. The van der Waals surface area contributed by atoms with Gasteiger partial charge in [-0.25, -0.2) is 19.6 Å². The lowest BCUT2D eigenvalue weighted by Crippen LogP contribution is -2.54. The van der Waals surface area contributed by atoms with E-state index in [1.165, 1.54) is 19.1 Å². The van der Waals surface area contributed by atoms with Gasteiger partial charge in [0.05, 0.1) is 31.1 Å². The number of imidazole rings is 2. The minimum absolute atomic E-state index is 0.0552. The van der Waals surface area contributed by atoms with Crippen LogP contribution in [0.15, 0.2) is 54.7 Å². The van der Waals surface area contributed by atoms with Gasteiger partial charge in [0, 0.05) is 62.2 Å². The van der Waals surface area contributed by atoms with Crippen molar-refractivity contribution in [2.45, 2.75) is 87.6 Å². The van der Waals surface area contributed by atoms with Crippen molar-refractivity contribution in [3.63, 3.8) is 0 Å². The van der Waals surface area contributed by atoms with Gasteiger partial charge in [0.15, 0.2) is 0 Å². The average Bonchev–Trinajstić information content (AvgIpc) is 3.97. The van der Waals surface area contributed by atoms with Gasteiger partial charge < -0.3 is 44.4 Å². The number of piperidine rings is 2. The van der Waals surface area contributed by atoms with E-state index in [9.17, 15) is 24.3 Å². The molecule has 2 saturated carbocycles. The Labute approximate surface area is 381 Å². The molecule has 0 unspecified atom stereocenters. The van der Waals surface area contributed by atoms with E-state index in [0.717, 1.165) is 53.6 Å². The van der Waals surface area contributed by atoms with Gasteiger partial charge in [0.25, 0.3) is 0 Å². The second-order valence-electron chi connectivity index (χ2n) is 18.3. The molecule has 340 valence electrons. The van der Waals surface area contributed by atoms with Crippen LogP contribution in [-0.2, 0) is 23.8 Å². The number of likely N-dealkylation sites (N-methyl/N-ethyl adjacent to an activating group) is 1. The van der Waals surface area contributed by atoms with Crippen molar-refractivity contribution in [2.24, 2.45) is 23.7 Å². The van der Waals surface area contributed by atoms with E-state index in [1.54, 1.807) is 6.20 Å². The van der Waals surface area contributed by atoms with Crippen LogP contribution in [0.5, 0.6) is 0 Å². The lowest BCUT2D eigenvalue weighted by atomic mass is 9.89. The first-order valence-electron chi connectivity index (χ1n) is 22.7. The number of likely N-dealkylation sites (tertiary alicyclic amines) is 2. The number of aromatic amines is 2. The number of ether oxygens (including phenoxy) is 3. The third-order valence-corrected chi connectivity index (χ3v) is 14.7. The van der Waals surface area contributed by atoms with Gasteiger partial charge in [-0.05, 0) is 105 Å². The van der Waals surface area contributed by atoms with Crippen molar-refractivity contribution >= 4 is 35.6 Å². The number of hydrogen-bond donors (Lipinski definition) is 4. The Kier molecular flexibility index (Phi) is 11.8. The number of carbonyl (C=O) groups is 4. The predicted octanol–water partition coefficient (Wildman–Crippen LogP) is 6.40. The van der Waals surface area contributed by atoms with Crippen LogP contribution in [0.25, 0.3) is 22.5 Å². The first-order valence-corrected chi connectivity index (χ1v) is 23.1. The number of nitrogens with one attached hydrogen (secondary N) is 3. The number of fused-ring (bicyclic) bond motifs is 2. The molecule has 0 radical (unpaired) electrons. The monoisotopic (exact) mass is 904 g/mol. The zero-order valence-corrected chi connectivity index (χ0v) is 37.1. The number of aromatic nitrogens is 4. The maximum absolute atomic E-state index is 14.2. The predicted molar refractivity (Wildman–Crippen MR) is 237 cm³/mol. The number of H-pyrrole nitrogens is 2. The van der Waals surface area contributed by atoms with Crippen LogP contribution >= 0.6 is 11.6 Å². The van der Waals surface area contributed by atoms with Crippen molar-refractivity contribution in [1.82, 2.24) is 40.0 Å². The number of amides is 4. The Balaban J connectivity index is 0.795. The molecule has 4 amide bonds. The molecule has 8 atom stereocenters. The fourth-order valence-electron chi connectivity index (χ4n) is 10.8. The molecule has 6 fully saturated rings. The van der Waals surface area contributed by atoms with Crippen molar-refractivity contribution in [2.75, 3.05) is 40.6 Å². The lowest BCUT2D eigenvalue weighted by molar-refractivity contribution is -0.141. The highest BCUT2D eigenvalue weighted by Gasteiger charge is 2.58. The summed E-state index contributed by atoms with van der Waals surface area (Å²) in [5, 5.41) is 13.1. The first kappa shape index (κ1) is 43.0. The maximum atomic E-state index is 14.2. The highest BCUT2D eigenvalue weighted by Crippen LogP contribution is 2.55. The molecule has 4 saturated heterocycles. The van der Waals surface area contributed by atoms with Crippen LogP contribution in [-0.4, -0.2) is 128 Å². The van der Waals surface area contributed by atoms with Crippen molar-refractivity contribution in [1.29, 1.82) is 0 Å². The Morgan fingerprint density at radius 1 is 0.800 bits per heavy atom. The molecule has 2 aromatic carbocycles. The van der Waals surface area contributed by atoms with Crippen LogP contribution < -0.4 is 5.32 Å². The highest BCUT2D eigenvalue weighted by atomic mass is 35.5. The van der Waals surface area contributed by atoms with Crippen molar-refractivity contribution in [3.05, 3.63) is 82.7 Å². The van der Waals surface area contributed by atoms with Gasteiger partial charge >= 0.3 is 12.2 Å². The zero-order valence-electron chi connectivity index (χ0n) is 36.4. The summed E-state index contributed by atoms with van der Waals surface area (Å²) in [5.41, 5.74) is 4.81. The lowest BCUT2D eigenvalue weighted by Gasteiger charge is -2.38. The van der Waals surface area contributed by atoms with E-state index in [1.807, 2.05) is 58.3 Å². The molecule has 17 heteroatoms. The van der Waals surface area contributed by atoms with Gasteiger partial charge in [0.1, 0.15) is 34.6 Å². The molecule has 4 N–H and O–H groups in total. The topological polar surface area (TPSA) is 195 Å². The number of benzene rings is 2. The summed E-state index contributed by atoms with van der Waals surface area (Å²) in [4.78, 5) is 74.4. The van der Waals surface area contributed by atoms with Gasteiger partial charge in [0.2, 0.25) is 11.8 Å². The standard InChI is InChI=1S/C48H53ClN8O8/c1-55(48(61)62)41(31-15-19-65-20-16-31)46(59)57-36-22-32(36)23-37(57)43-50-25-34(51-43)28-9-5-26(6-10-28)3-4-27-7-11-29(12-8-27)39-42(49)54-44(52-39)38-24-33-21-35(33)56(38)45(58)40(53-47(60)63-2)30-13-17-64-18-14-30/h5-12,25,30-33,35-38,40-41H,13-24H2,1-2H3,(H,50,51)(H,52,54)(H,53,60)(H,61,62)/t32-,33+,35-,36-,37+,38+,40+,41+/m1/s1. The summed E-state index contributed by atoms with van der Waals surface area (Å²) in [6, 6.07) is 13.8. The van der Waals surface area contributed by atoms with Crippen LogP contribution in [0.2, 0.25) is 5.15 Å². The summed E-state index contributed by atoms with van der Waals surface area (Å²) < 4.78 is 16.0. The van der Waals surface area contributed by atoms with E-state index < -0.39 is 24.3 Å². The van der Waals surface area contributed by atoms with E-state index >= 15 is 0 Å². The van der Waals surface area contributed by atoms with Gasteiger partial charge in [-0.1, -0.05) is 47.7 Å². The minimum Gasteiger partial charge on any atom is -0.465 e. The number of nitrogens with zero attached hydrogens (tertiary/aromatic N) is 5. The van der Waals surface area contributed by atoms with Gasteiger partial charge in [-0.3, -0.25) is 14.5 Å². The highest BCUT2D eigenvalue weighted by molar-refractivity contribution is 6.31. The summed E-state index contributed by atoms with van der Waals surface area (Å²) in [5.74, 6) is 8.20. The summed E-state index contributed by atoms with van der Waals surface area (Å²) in [6.45, 7) is 2.13. The van der Waals surface area contributed by atoms with Crippen LogP contribution in [0, 0.1) is 35.5 Å². The van der Waals surface area contributed by atoms with Gasteiger partial charge in [-0.15, -0.1) is 0 Å². The first-order chi connectivity index (χ1) is 31.6. The number of rotatable bonds is 10. The molecule has 16 nitrogen and oxygen atoms in total. The molecule has 6 heterocycles. The fourth-order valence-corrected chi connectivity index (χ4v) is 11.0. The number of alkyl carbamates (subject to hydrolysis) is 1. The van der Waals surface area contributed by atoms with Crippen molar-refractivity contribution in [3.8, 4) is 34.4 Å². The van der Waals surface area contributed by atoms with Gasteiger partial charge in [-0.2, -0.15) is 0 Å². The molecule has 10 rings (SSSR count). The normalized spacial score (nSPS) is 25.7. The van der Waals surface area contributed by atoms with E-state index in [0.29, 0.717) is 86.4 Å². The molecule has 0 bridgehead atoms. The third-order valence-electron chi connectivity index (χ3n) is 14.5. The number of carbonyl (C=O) groups excluding carboxylic acids is 3. The molecule has 4 aliphatic heterocycles. The molecule has 6 aliphatic rings. The quantitative estimate of drug-likeness (QED) is 0.129. The number of carboxylic acid groups (broad SMARTS) is 1. The molecular formula is C48H53ClN8O8. The Morgan fingerprint density at radius 2 is 1.35 bits per heavy atom. The van der Waals surface area contributed by atoms with Crippen molar-refractivity contribution < 1.29 is 38.5 Å². The third kappa shape index (κ3) is 8.57. The molecule has 2 aliphatic carbocycles. The largest absolute Gasteiger partial charge is 0.465 e. The molecule has 4 aromatic rings. The zero-order chi connectivity index (χ0) is 44.9. The van der Waals surface area contributed by atoms with E-state index in [2.05, 4.69) is 27.1 Å². The Morgan fingerprint density at radius 3 is 1.94 bits per heavy atom. The Hall–Kier alpha value is -5.89. The van der Waals surface area contributed by atoms with Crippen LogP contribution in [0.3, 0.4) is 0 Å². The number of hydrogen-bond acceptors (Lipinski definition) is 9. The van der Waals surface area contributed by atoms with Crippen LogP contribution in [0.1, 0.15) is 86.2 Å². The van der Waals surface area contributed by atoms with Crippen LogP contribution in [0.4, 0.5) is 9.59 Å². The molecule has 65 heavy (non-hydrogen) atoms. The minimum atomic E-state index is -1.11. The number of methoxy groups -OCH3 is 1. The second-order valence-corrected chi connectivity index (χ2v) is 18.7. The molecule has 0 spiro atoms. The maximum Gasteiger partial charge on any atom is 0.407 e. The Bertz CT molecular complexity index is 2500. The second kappa shape index (κ2) is 17.8. The average molecular weight is 905 g/mol.